The number of piperidine rings is 1. The molecule has 1 unspecified atom stereocenters. The monoisotopic (exact) mass is 460 g/mol. The number of imidazole rings is 1. The Balaban J connectivity index is 1.19. The number of nitrogens with one attached hydrogen (secondary N) is 1. The third-order valence-electron chi connectivity index (χ3n) is 6.77. The normalized spacial score (nSPS) is 19.1. The molecular formula is C26H28N4O4. The first-order valence-electron chi connectivity index (χ1n) is 11.8. The van der Waals surface area contributed by atoms with Gasteiger partial charge in [-0.1, -0.05) is 12.1 Å². The average Bonchev–Trinajstić information content (AvgIpc) is 3.48. The number of hydrogen-bond acceptors (Lipinski definition) is 5. The minimum atomic E-state index is -0.388. The van der Waals surface area contributed by atoms with Crippen LogP contribution in [0.15, 0.2) is 48.5 Å². The van der Waals surface area contributed by atoms with Crippen molar-refractivity contribution in [2.45, 2.75) is 32.1 Å². The standard InChI is InChI=1S/C26H28N4O4/c1-2-34-26(33)18-7-9-20(10-8-18)30-16-19(15-23(30)31)25(32)29-13-11-17(12-14-29)24-27-21-5-3-4-6-22(21)28-24/h3-10,17,19H,2,11-16H2,1H3,(H,27,28). The number of esters is 1. The summed E-state index contributed by atoms with van der Waals surface area (Å²) in [5.41, 5.74) is 3.14. The number of benzene rings is 2. The van der Waals surface area contributed by atoms with Crippen LogP contribution in [-0.4, -0.2) is 58.9 Å². The van der Waals surface area contributed by atoms with Crippen LogP contribution in [0.3, 0.4) is 0 Å². The topological polar surface area (TPSA) is 95.6 Å². The molecule has 0 spiro atoms. The van der Waals surface area contributed by atoms with Crippen molar-refractivity contribution >= 4 is 34.5 Å². The Morgan fingerprint density at radius 2 is 1.82 bits per heavy atom. The third kappa shape index (κ3) is 4.27. The van der Waals surface area contributed by atoms with E-state index in [1.807, 2.05) is 29.2 Å². The second-order valence-corrected chi connectivity index (χ2v) is 8.91. The van der Waals surface area contributed by atoms with Crippen molar-refractivity contribution < 1.29 is 19.1 Å². The van der Waals surface area contributed by atoms with Gasteiger partial charge in [0.05, 0.1) is 29.1 Å². The molecule has 0 aliphatic carbocycles. The van der Waals surface area contributed by atoms with E-state index in [-0.39, 0.29) is 30.1 Å². The zero-order chi connectivity index (χ0) is 23.7. The van der Waals surface area contributed by atoms with Crippen LogP contribution in [0.25, 0.3) is 11.0 Å². The van der Waals surface area contributed by atoms with Crippen molar-refractivity contribution in [2.24, 2.45) is 5.92 Å². The lowest BCUT2D eigenvalue weighted by Gasteiger charge is -2.32. The summed E-state index contributed by atoms with van der Waals surface area (Å²) in [5, 5.41) is 0. The van der Waals surface area contributed by atoms with Crippen LogP contribution in [0.2, 0.25) is 0 Å². The molecule has 3 heterocycles. The molecule has 2 aliphatic rings. The van der Waals surface area contributed by atoms with E-state index in [4.69, 9.17) is 9.72 Å². The largest absolute Gasteiger partial charge is 0.462 e. The van der Waals surface area contributed by atoms with Crippen molar-refractivity contribution in [1.29, 1.82) is 0 Å². The van der Waals surface area contributed by atoms with Crippen molar-refractivity contribution in [3.05, 3.63) is 59.9 Å². The lowest BCUT2D eigenvalue weighted by atomic mass is 9.95. The van der Waals surface area contributed by atoms with E-state index >= 15 is 0 Å². The number of carbonyl (C=O) groups is 3. The van der Waals surface area contributed by atoms with Gasteiger partial charge in [-0.25, -0.2) is 9.78 Å². The van der Waals surface area contributed by atoms with E-state index in [1.165, 1.54) is 0 Å². The molecule has 2 saturated heterocycles. The number of aromatic amines is 1. The van der Waals surface area contributed by atoms with Crippen molar-refractivity contribution in [3.63, 3.8) is 0 Å². The Morgan fingerprint density at radius 3 is 2.53 bits per heavy atom. The summed E-state index contributed by atoms with van der Waals surface area (Å²) < 4.78 is 5.01. The number of hydrogen-bond donors (Lipinski definition) is 1. The quantitative estimate of drug-likeness (QED) is 0.588. The molecule has 34 heavy (non-hydrogen) atoms. The summed E-state index contributed by atoms with van der Waals surface area (Å²) in [7, 11) is 0. The molecule has 1 aromatic heterocycles. The molecule has 176 valence electrons. The summed E-state index contributed by atoms with van der Waals surface area (Å²) in [6.07, 6.45) is 1.92. The highest BCUT2D eigenvalue weighted by Crippen LogP contribution is 2.31. The summed E-state index contributed by atoms with van der Waals surface area (Å²) >= 11 is 0. The Labute approximate surface area is 197 Å². The summed E-state index contributed by atoms with van der Waals surface area (Å²) in [6.45, 7) is 3.76. The van der Waals surface area contributed by atoms with E-state index in [2.05, 4.69) is 4.98 Å². The minimum absolute atomic E-state index is 0.0436. The van der Waals surface area contributed by atoms with Gasteiger partial charge in [-0.15, -0.1) is 0 Å². The fourth-order valence-corrected chi connectivity index (χ4v) is 4.91. The SMILES string of the molecule is CCOC(=O)c1ccc(N2CC(C(=O)N3CCC(c4nc5ccccc5[nH]4)CC3)CC2=O)cc1. The van der Waals surface area contributed by atoms with Gasteiger partial charge in [-0.2, -0.15) is 0 Å². The number of likely N-dealkylation sites (tertiary alicyclic amines) is 1. The van der Waals surface area contributed by atoms with Crippen LogP contribution in [0, 0.1) is 5.92 Å². The Hall–Kier alpha value is -3.68. The van der Waals surface area contributed by atoms with Crippen LogP contribution in [-0.2, 0) is 14.3 Å². The van der Waals surface area contributed by atoms with E-state index in [0.717, 1.165) is 29.7 Å². The van der Waals surface area contributed by atoms with E-state index in [0.29, 0.717) is 43.4 Å². The Kier molecular flexibility index (Phi) is 6.04. The molecule has 0 bridgehead atoms. The smallest absolute Gasteiger partial charge is 0.338 e. The first-order valence-corrected chi connectivity index (χ1v) is 11.8. The van der Waals surface area contributed by atoms with Gasteiger partial charge < -0.3 is 19.5 Å². The zero-order valence-corrected chi connectivity index (χ0v) is 19.2. The number of amides is 2. The number of carbonyl (C=O) groups excluding carboxylic acids is 3. The maximum atomic E-state index is 13.2. The maximum Gasteiger partial charge on any atom is 0.338 e. The Morgan fingerprint density at radius 1 is 1.09 bits per heavy atom. The van der Waals surface area contributed by atoms with Gasteiger partial charge >= 0.3 is 5.97 Å². The first-order chi connectivity index (χ1) is 16.5. The number of nitrogens with zero attached hydrogens (tertiary/aromatic N) is 3. The fraction of sp³-hybridized carbons (Fsp3) is 0.385. The number of rotatable bonds is 5. The summed E-state index contributed by atoms with van der Waals surface area (Å²) in [6, 6.07) is 14.8. The first kappa shape index (κ1) is 22.1. The van der Waals surface area contributed by atoms with Gasteiger partial charge in [0.1, 0.15) is 5.82 Å². The number of aromatic nitrogens is 2. The van der Waals surface area contributed by atoms with Gasteiger partial charge in [0.25, 0.3) is 0 Å². The lowest BCUT2D eigenvalue weighted by molar-refractivity contribution is -0.136. The minimum Gasteiger partial charge on any atom is -0.462 e. The highest BCUT2D eigenvalue weighted by molar-refractivity contribution is 6.00. The van der Waals surface area contributed by atoms with Crippen molar-refractivity contribution in [3.8, 4) is 0 Å². The zero-order valence-electron chi connectivity index (χ0n) is 19.2. The van der Waals surface area contributed by atoms with Gasteiger partial charge in [0, 0.05) is 37.7 Å². The number of anilines is 1. The second kappa shape index (κ2) is 9.29. The maximum absolute atomic E-state index is 13.2. The molecule has 3 aromatic rings. The van der Waals surface area contributed by atoms with Gasteiger partial charge in [0.2, 0.25) is 11.8 Å². The molecule has 2 fully saturated rings. The third-order valence-corrected chi connectivity index (χ3v) is 6.77. The molecule has 1 atom stereocenters. The van der Waals surface area contributed by atoms with Gasteiger partial charge in [-0.05, 0) is 56.2 Å². The predicted molar refractivity (Wildman–Crippen MR) is 128 cm³/mol. The number of H-pyrrole nitrogens is 1. The van der Waals surface area contributed by atoms with Crippen LogP contribution in [0.4, 0.5) is 5.69 Å². The van der Waals surface area contributed by atoms with Crippen LogP contribution in [0.5, 0.6) is 0 Å². The number of fused-ring (bicyclic) bond motifs is 1. The molecule has 5 rings (SSSR count). The molecule has 2 amide bonds. The van der Waals surface area contributed by atoms with E-state index in [9.17, 15) is 14.4 Å². The second-order valence-electron chi connectivity index (χ2n) is 8.91. The van der Waals surface area contributed by atoms with Crippen LogP contribution in [0.1, 0.15) is 48.3 Å². The van der Waals surface area contributed by atoms with Gasteiger partial charge in [0.15, 0.2) is 0 Å². The molecular weight excluding hydrogens is 432 g/mol. The van der Waals surface area contributed by atoms with E-state index < -0.39 is 0 Å². The Bertz CT molecular complexity index is 1180. The molecule has 0 radical (unpaired) electrons. The van der Waals surface area contributed by atoms with Crippen LogP contribution >= 0.6 is 0 Å². The number of ether oxygens (including phenoxy) is 1. The molecule has 2 aromatic carbocycles. The highest BCUT2D eigenvalue weighted by Gasteiger charge is 2.38. The molecule has 2 aliphatic heterocycles. The molecule has 8 nitrogen and oxygen atoms in total. The molecule has 0 saturated carbocycles. The van der Waals surface area contributed by atoms with Crippen LogP contribution < -0.4 is 4.90 Å². The van der Waals surface area contributed by atoms with Crippen molar-refractivity contribution in [2.75, 3.05) is 31.1 Å². The predicted octanol–water partition coefficient (Wildman–Crippen LogP) is 3.50. The molecule has 1 N–H and O–H groups in total. The van der Waals surface area contributed by atoms with E-state index in [1.54, 1.807) is 36.1 Å². The average molecular weight is 461 g/mol. The number of para-hydroxylation sites is 2. The van der Waals surface area contributed by atoms with Gasteiger partial charge in [-0.3, -0.25) is 9.59 Å². The molecule has 8 heteroatoms. The lowest BCUT2D eigenvalue weighted by Crippen LogP contribution is -2.42. The van der Waals surface area contributed by atoms with Crippen molar-refractivity contribution in [1.82, 2.24) is 14.9 Å². The summed E-state index contributed by atoms with van der Waals surface area (Å²) in [5.74, 6) is 0.528. The summed E-state index contributed by atoms with van der Waals surface area (Å²) in [4.78, 5) is 49.4. The highest BCUT2D eigenvalue weighted by atomic mass is 16.5. The fourth-order valence-electron chi connectivity index (χ4n) is 4.91.